The number of carbonyl (C=O) groups excluding carboxylic acids is 2. The molecule has 0 heterocycles. The monoisotopic (exact) mass is 304 g/mol. The van der Waals surface area contributed by atoms with Crippen molar-refractivity contribution < 1.29 is 14.3 Å². The van der Waals surface area contributed by atoms with Gasteiger partial charge in [-0.2, -0.15) is 0 Å². The molecule has 0 aromatic heterocycles. The van der Waals surface area contributed by atoms with Crippen molar-refractivity contribution >= 4 is 11.9 Å². The van der Waals surface area contributed by atoms with E-state index in [1.807, 2.05) is 44.2 Å². The van der Waals surface area contributed by atoms with Gasteiger partial charge in [-0.25, -0.2) is 0 Å². The minimum atomic E-state index is -0.773. The van der Waals surface area contributed by atoms with E-state index < -0.39 is 17.4 Å². The standard InChI is InChI=1S/C17H24N2O3/c1-4-19(5-2)16(21)17(12-9-7-6-8-10-12)11-13(17)14(18)15(20)22-3/h6-10,13-14H,4-5,11,18H2,1-3H3/t13-,14+,17+/m0/s1. The predicted molar refractivity (Wildman–Crippen MR) is 84.1 cm³/mol. The number of esters is 1. The molecule has 120 valence electrons. The molecule has 0 unspecified atom stereocenters. The van der Waals surface area contributed by atoms with Gasteiger partial charge in [0, 0.05) is 19.0 Å². The first-order valence-electron chi connectivity index (χ1n) is 7.71. The third kappa shape index (κ3) is 2.61. The van der Waals surface area contributed by atoms with Gasteiger partial charge in [0.1, 0.15) is 6.04 Å². The summed E-state index contributed by atoms with van der Waals surface area (Å²) in [5, 5.41) is 0. The van der Waals surface area contributed by atoms with E-state index in [0.717, 1.165) is 5.56 Å². The molecule has 1 aromatic carbocycles. The average Bonchev–Trinajstić information content (AvgIpc) is 3.32. The van der Waals surface area contributed by atoms with Crippen LogP contribution >= 0.6 is 0 Å². The van der Waals surface area contributed by atoms with Gasteiger partial charge >= 0.3 is 5.97 Å². The highest BCUT2D eigenvalue weighted by Crippen LogP contribution is 2.56. The molecule has 2 N–H and O–H groups in total. The van der Waals surface area contributed by atoms with Gasteiger partial charge in [-0.15, -0.1) is 0 Å². The van der Waals surface area contributed by atoms with E-state index in [4.69, 9.17) is 10.5 Å². The average molecular weight is 304 g/mol. The highest BCUT2D eigenvalue weighted by atomic mass is 16.5. The second kappa shape index (κ2) is 6.48. The zero-order chi connectivity index (χ0) is 16.3. The molecule has 1 aliphatic rings. The zero-order valence-electron chi connectivity index (χ0n) is 13.4. The van der Waals surface area contributed by atoms with Gasteiger partial charge in [0.25, 0.3) is 0 Å². The minimum absolute atomic E-state index is 0.0491. The number of benzene rings is 1. The van der Waals surface area contributed by atoms with Crippen molar-refractivity contribution in [3.05, 3.63) is 35.9 Å². The summed E-state index contributed by atoms with van der Waals surface area (Å²) in [4.78, 5) is 26.6. The molecule has 3 atom stereocenters. The number of likely N-dealkylation sites (N-methyl/N-ethyl adjacent to an activating group) is 1. The summed E-state index contributed by atoms with van der Waals surface area (Å²) in [7, 11) is 1.32. The summed E-state index contributed by atoms with van der Waals surface area (Å²) >= 11 is 0. The van der Waals surface area contributed by atoms with Gasteiger partial charge in [0.05, 0.1) is 12.5 Å². The number of rotatable bonds is 6. The van der Waals surface area contributed by atoms with Crippen LogP contribution in [0.2, 0.25) is 0 Å². The molecule has 5 heteroatoms. The number of nitrogens with zero attached hydrogens (tertiary/aromatic N) is 1. The van der Waals surface area contributed by atoms with Gasteiger partial charge in [-0.05, 0) is 25.8 Å². The number of nitrogens with two attached hydrogens (primary N) is 1. The molecule has 0 saturated heterocycles. The van der Waals surface area contributed by atoms with E-state index in [0.29, 0.717) is 19.5 Å². The fourth-order valence-corrected chi connectivity index (χ4v) is 3.25. The van der Waals surface area contributed by atoms with Crippen LogP contribution in [0, 0.1) is 5.92 Å². The number of carbonyl (C=O) groups is 2. The van der Waals surface area contributed by atoms with Gasteiger partial charge < -0.3 is 15.4 Å². The highest BCUT2D eigenvalue weighted by Gasteiger charge is 2.65. The molecule has 1 saturated carbocycles. The molecular formula is C17H24N2O3. The van der Waals surface area contributed by atoms with Crippen molar-refractivity contribution in [3.8, 4) is 0 Å². The highest BCUT2D eigenvalue weighted by molar-refractivity contribution is 5.94. The van der Waals surface area contributed by atoms with Crippen molar-refractivity contribution in [1.82, 2.24) is 4.90 Å². The molecule has 0 radical (unpaired) electrons. The molecule has 22 heavy (non-hydrogen) atoms. The Morgan fingerprint density at radius 3 is 2.41 bits per heavy atom. The summed E-state index contributed by atoms with van der Waals surface area (Å²) in [6.45, 7) is 5.20. The molecule has 5 nitrogen and oxygen atoms in total. The van der Waals surface area contributed by atoms with Gasteiger partial charge in [0.15, 0.2) is 0 Å². The molecule has 1 amide bonds. The summed E-state index contributed by atoms with van der Waals surface area (Å²) < 4.78 is 4.75. The molecule has 1 fully saturated rings. The molecule has 2 rings (SSSR count). The Kier molecular flexibility index (Phi) is 4.86. The summed E-state index contributed by atoms with van der Waals surface area (Å²) in [6.07, 6.45) is 0.586. The molecular weight excluding hydrogens is 280 g/mol. The van der Waals surface area contributed by atoms with Crippen molar-refractivity contribution in [2.24, 2.45) is 11.7 Å². The predicted octanol–water partition coefficient (Wildman–Crippen LogP) is 1.31. The Morgan fingerprint density at radius 1 is 1.32 bits per heavy atom. The van der Waals surface area contributed by atoms with Crippen LogP contribution in [-0.4, -0.2) is 43.0 Å². The third-order valence-electron chi connectivity index (χ3n) is 4.64. The van der Waals surface area contributed by atoms with E-state index >= 15 is 0 Å². The lowest BCUT2D eigenvalue weighted by atomic mass is 9.89. The molecule has 0 bridgehead atoms. The van der Waals surface area contributed by atoms with Crippen LogP contribution in [0.3, 0.4) is 0 Å². The first-order chi connectivity index (χ1) is 10.5. The quantitative estimate of drug-likeness (QED) is 0.804. The van der Waals surface area contributed by atoms with Crippen molar-refractivity contribution in [1.29, 1.82) is 0 Å². The van der Waals surface area contributed by atoms with E-state index in [2.05, 4.69) is 0 Å². The molecule has 0 aliphatic heterocycles. The molecule has 1 aromatic rings. The lowest BCUT2D eigenvalue weighted by Crippen LogP contribution is -2.44. The van der Waals surface area contributed by atoms with Crippen LogP contribution in [0.15, 0.2) is 30.3 Å². The fourth-order valence-electron chi connectivity index (χ4n) is 3.25. The van der Waals surface area contributed by atoms with Gasteiger partial charge in [0.2, 0.25) is 5.91 Å². The van der Waals surface area contributed by atoms with E-state index in [9.17, 15) is 9.59 Å². The zero-order valence-corrected chi connectivity index (χ0v) is 13.4. The van der Waals surface area contributed by atoms with Crippen LogP contribution in [0.25, 0.3) is 0 Å². The second-order valence-electron chi connectivity index (χ2n) is 5.67. The van der Waals surface area contributed by atoms with Gasteiger partial charge in [-0.1, -0.05) is 30.3 Å². The summed E-state index contributed by atoms with van der Waals surface area (Å²) in [5.74, 6) is -0.626. The van der Waals surface area contributed by atoms with E-state index in [1.54, 1.807) is 4.90 Å². The van der Waals surface area contributed by atoms with Crippen molar-refractivity contribution in [2.45, 2.75) is 31.7 Å². The lowest BCUT2D eigenvalue weighted by Gasteiger charge is -2.27. The maximum Gasteiger partial charge on any atom is 0.322 e. The van der Waals surface area contributed by atoms with Crippen molar-refractivity contribution in [2.75, 3.05) is 20.2 Å². The number of amides is 1. The smallest absolute Gasteiger partial charge is 0.322 e. The normalized spacial score (nSPS) is 24.5. The summed E-state index contributed by atoms with van der Waals surface area (Å²) in [5.41, 5.74) is 6.26. The second-order valence-corrected chi connectivity index (χ2v) is 5.67. The Hall–Kier alpha value is -1.88. The third-order valence-corrected chi connectivity index (χ3v) is 4.64. The SMILES string of the molecule is CCN(CC)C(=O)[C@@]1(c2ccccc2)C[C@H]1[C@@H](N)C(=O)OC. The largest absolute Gasteiger partial charge is 0.468 e. The molecule has 0 spiro atoms. The summed E-state index contributed by atoms with van der Waals surface area (Å²) in [6, 6.07) is 8.83. The Balaban J connectivity index is 2.37. The number of ether oxygens (including phenoxy) is 1. The van der Waals surface area contributed by atoms with Crippen LogP contribution in [0.4, 0.5) is 0 Å². The number of hydrogen-bond acceptors (Lipinski definition) is 4. The van der Waals surface area contributed by atoms with Crippen LogP contribution in [0.5, 0.6) is 0 Å². The first-order valence-corrected chi connectivity index (χ1v) is 7.71. The first kappa shape index (κ1) is 16.5. The number of methoxy groups -OCH3 is 1. The minimum Gasteiger partial charge on any atom is -0.468 e. The Morgan fingerprint density at radius 2 is 1.91 bits per heavy atom. The molecule has 1 aliphatic carbocycles. The fraction of sp³-hybridized carbons (Fsp3) is 0.529. The Bertz CT molecular complexity index is 542. The van der Waals surface area contributed by atoms with E-state index in [-0.39, 0.29) is 11.8 Å². The maximum absolute atomic E-state index is 13.0. The lowest BCUT2D eigenvalue weighted by molar-refractivity contribution is -0.143. The topological polar surface area (TPSA) is 72.6 Å². The maximum atomic E-state index is 13.0. The number of hydrogen-bond donors (Lipinski definition) is 1. The Labute approximate surface area is 131 Å². The van der Waals surface area contributed by atoms with Crippen molar-refractivity contribution in [3.63, 3.8) is 0 Å². The van der Waals surface area contributed by atoms with Crippen LogP contribution < -0.4 is 5.73 Å². The van der Waals surface area contributed by atoms with Crippen LogP contribution in [-0.2, 0) is 19.7 Å². The van der Waals surface area contributed by atoms with E-state index in [1.165, 1.54) is 7.11 Å². The van der Waals surface area contributed by atoms with Crippen LogP contribution in [0.1, 0.15) is 25.8 Å². The van der Waals surface area contributed by atoms with Gasteiger partial charge in [-0.3, -0.25) is 9.59 Å².